The van der Waals surface area contributed by atoms with E-state index in [1.54, 1.807) is 24.3 Å². The molecule has 3 aliphatic heterocycles. The van der Waals surface area contributed by atoms with Crippen molar-refractivity contribution in [3.63, 3.8) is 0 Å². The van der Waals surface area contributed by atoms with Crippen molar-refractivity contribution < 1.29 is 38.3 Å². The first-order valence-corrected chi connectivity index (χ1v) is 11.6. The number of carbonyl (C=O) groups is 1. The van der Waals surface area contributed by atoms with E-state index in [1.165, 1.54) is 14.2 Å². The average Bonchev–Trinajstić information content (AvgIpc) is 3.58. The topological polar surface area (TPSA) is 108 Å². The van der Waals surface area contributed by atoms with Crippen LogP contribution in [0.1, 0.15) is 45.7 Å². The van der Waals surface area contributed by atoms with Crippen LogP contribution in [-0.2, 0) is 0 Å². The summed E-state index contributed by atoms with van der Waals surface area (Å²) in [5.41, 5.74) is 2.91. The maximum atomic E-state index is 12.5. The van der Waals surface area contributed by atoms with Gasteiger partial charge >= 0.3 is 5.97 Å². The number of para-hydroxylation sites is 1. The van der Waals surface area contributed by atoms with Gasteiger partial charge in [0.2, 0.25) is 13.0 Å². The molecule has 0 unspecified atom stereocenters. The van der Waals surface area contributed by atoms with Crippen LogP contribution in [0.15, 0.2) is 53.6 Å². The standard InChI is InChI=1S/C27H24N2O8/c1-32-20-6-4-5-15-18-12-17(14-7-9-19-22(11-14)36-13-35-19)28-29(18)26(37-24(15)20)16-8-10-21(33-2)25(34-3)23(16)27(30)31/h4-11,18,26H,12-13H2,1-3H3,(H,30,31)/t18-,26+/m1/s1. The highest BCUT2D eigenvalue weighted by Gasteiger charge is 2.44. The molecule has 37 heavy (non-hydrogen) atoms. The molecule has 3 aromatic rings. The van der Waals surface area contributed by atoms with Crippen molar-refractivity contribution in [2.45, 2.75) is 18.7 Å². The van der Waals surface area contributed by atoms with Crippen LogP contribution in [0.5, 0.6) is 34.5 Å². The maximum Gasteiger partial charge on any atom is 0.340 e. The van der Waals surface area contributed by atoms with E-state index in [1.807, 2.05) is 36.4 Å². The highest BCUT2D eigenvalue weighted by atomic mass is 16.7. The molecule has 10 heteroatoms. The minimum Gasteiger partial charge on any atom is -0.493 e. The molecule has 190 valence electrons. The summed E-state index contributed by atoms with van der Waals surface area (Å²) in [6.07, 6.45) is -0.304. The number of rotatable bonds is 6. The number of carboxylic acid groups (broad SMARTS) is 1. The number of methoxy groups -OCH3 is 3. The highest BCUT2D eigenvalue weighted by Crippen LogP contribution is 2.52. The molecular weight excluding hydrogens is 480 g/mol. The summed E-state index contributed by atoms with van der Waals surface area (Å²) in [4.78, 5) is 12.5. The van der Waals surface area contributed by atoms with Gasteiger partial charge < -0.3 is 33.5 Å². The third-order valence-corrected chi connectivity index (χ3v) is 6.76. The summed E-state index contributed by atoms with van der Waals surface area (Å²) in [6, 6.07) is 14.5. The van der Waals surface area contributed by atoms with E-state index < -0.39 is 12.2 Å². The normalized spacial score (nSPS) is 18.9. The molecule has 0 saturated carbocycles. The Balaban J connectivity index is 1.51. The number of nitrogens with zero attached hydrogens (tertiary/aromatic N) is 2. The number of carboxylic acids is 1. The summed E-state index contributed by atoms with van der Waals surface area (Å²) < 4.78 is 33.9. The maximum absolute atomic E-state index is 12.5. The zero-order valence-corrected chi connectivity index (χ0v) is 20.4. The SMILES string of the molecule is COc1cccc2c1O[C@@H](c1ccc(OC)c(OC)c1C(=O)O)N1N=C(c3ccc4c(c3)OCO4)C[C@H]21. The van der Waals surface area contributed by atoms with Crippen molar-refractivity contribution in [3.05, 3.63) is 70.8 Å². The Morgan fingerprint density at radius 2 is 1.78 bits per heavy atom. The summed E-state index contributed by atoms with van der Waals surface area (Å²) >= 11 is 0. The van der Waals surface area contributed by atoms with Crippen LogP contribution in [0.4, 0.5) is 0 Å². The van der Waals surface area contributed by atoms with E-state index in [2.05, 4.69) is 0 Å². The van der Waals surface area contributed by atoms with Gasteiger partial charge in [-0.1, -0.05) is 12.1 Å². The fourth-order valence-electron chi connectivity index (χ4n) is 5.07. The van der Waals surface area contributed by atoms with Crippen molar-refractivity contribution in [3.8, 4) is 34.5 Å². The molecule has 0 amide bonds. The van der Waals surface area contributed by atoms with Gasteiger partial charge in [0, 0.05) is 23.1 Å². The van der Waals surface area contributed by atoms with E-state index in [0.29, 0.717) is 40.7 Å². The van der Waals surface area contributed by atoms with Gasteiger partial charge in [0.05, 0.1) is 33.1 Å². The molecule has 0 bridgehead atoms. The van der Waals surface area contributed by atoms with Crippen LogP contribution >= 0.6 is 0 Å². The van der Waals surface area contributed by atoms with E-state index in [-0.39, 0.29) is 24.1 Å². The van der Waals surface area contributed by atoms with Crippen molar-refractivity contribution in [2.24, 2.45) is 5.10 Å². The van der Waals surface area contributed by atoms with Crippen molar-refractivity contribution >= 4 is 11.7 Å². The second-order valence-electron chi connectivity index (χ2n) is 8.63. The molecule has 3 aromatic carbocycles. The summed E-state index contributed by atoms with van der Waals surface area (Å²) in [5, 5.41) is 16.9. The van der Waals surface area contributed by atoms with Crippen LogP contribution in [-0.4, -0.2) is 49.9 Å². The van der Waals surface area contributed by atoms with Gasteiger partial charge in [0.15, 0.2) is 34.5 Å². The number of aromatic carboxylic acids is 1. The molecule has 3 heterocycles. The zero-order chi connectivity index (χ0) is 25.7. The van der Waals surface area contributed by atoms with Crippen molar-refractivity contribution in [2.75, 3.05) is 28.1 Å². The Kier molecular flexibility index (Phi) is 5.44. The second kappa shape index (κ2) is 8.81. The van der Waals surface area contributed by atoms with Gasteiger partial charge in [0.25, 0.3) is 0 Å². The second-order valence-corrected chi connectivity index (χ2v) is 8.63. The quantitative estimate of drug-likeness (QED) is 0.523. The molecular formula is C27H24N2O8. The first-order valence-electron chi connectivity index (χ1n) is 11.6. The first kappa shape index (κ1) is 22.8. The number of fused-ring (bicyclic) bond motifs is 4. The lowest BCUT2D eigenvalue weighted by molar-refractivity contribution is -0.0217. The number of hydrazone groups is 1. The van der Waals surface area contributed by atoms with Gasteiger partial charge in [-0.25, -0.2) is 9.80 Å². The minimum atomic E-state index is -1.17. The Morgan fingerprint density at radius 3 is 2.54 bits per heavy atom. The van der Waals surface area contributed by atoms with Gasteiger partial charge in [-0.05, 0) is 36.4 Å². The molecule has 0 fully saturated rings. The van der Waals surface area contributed by atoms with Gasteiger partial charge in [-0.3, -0.25) is 0 Å². The van der Waals surface area contributed by atoms with Crippen molar-refractivity contribution in [1.29, 1.82) is 0 Å². The summed E-state index contributed by atoms with van der Waals surface area (Å²) in [5.74, 6) is 1.69. The van der Waals surface area contributed by atoms with E-state index in [9.17, 15) is 9.90 Å². The lowest BCUT2D eigenvalue weighted by atomic mass is 9.94. The Bertz CT molecular complexity index is 1440. The van der Waals surface area contributed by atoms with Crippen molar-refractivity contribution in [1.82, 2.24) is 5.01 Å². The first-order chi connectivity index (χ1) is 18.0. The predicted octanol–water partition coefficient (Wildman–Crippen LogP) is 4.38. The average molecular weight is 504 g/mol. The zero-order valence-electron chi connectivity index (χ0n) is 20.4. The van der Waals surface area contributed by atoms with Crippen LogP contribution in [0.25, 0.3) is 0 Å². The molecule has 0 radical (unpaired) electrons. The number of ether oxygens (including phenoxy) is 6. The van der Waals surface area contributed by atoms with E-state index in [4.69, 9.17) is 33.5 Å². The van der Waals surface area contributed by atoms with Gasteiger partial charge in [0.1, 0.15) is 5.56 Å². The summed E-state index contributed by atoms with van der Waals surface area (Å²) in [6.45, 7) is 0.181. The van der Waals surface area contributed by atoms with Crippen LogP contribution in [0.3, 0.4) is 0 Å². The molecule has 0 saturated heterocycles. The lowest BCUT2D eigenvalue weighted by Crippen LogP contribution is -2.35. The van der Waals surface area contributed by atoms with E-state index >= 15 is 0 Å². The Hall–Kier alpha value is -4.60. The smallest absolute Gasteiger partial charge is 0.340 e. The third kappa shape index (κ3) is 3.55. The minimum absolute atomic E-state index is 0.0596. The largest absolute Gasteiger partial charge is 0.493 e. The third-order valence-electron chi connectivity index (χ3n) is 6.76. The monoisotopic (exact) mass is 504 g/mol. The van der Waals surface area contributed by atoms with Crippen LogP contribution in [0.2, 0.25) is 0 Å². The molecule has 2 atom stereocenters. The number of hydrogen-bond donors (Lipinski definition) is 1. The molecule has 0 aliphatic carbocycles. The molecule has 6 rings (SSSR count). The summed E-state index contributed by atoms with van der Waals surface area (Å²) in [7, 11) is 4.44. The molecule has 1 N–H and O–H groups in total. The highest BCUT2D eigenvalue weighted by molar-refractivity contribution is 6.02. The molecule has 0 aromatic heterocycles. The number of benzene rings is 3. The fourth-order valence-corrected chi connectivity index (χ4v) is 5.07. The Morgan fingerprint density at radius 1 is 0.973 bits per heavy atom. The van der Waals surface area contributed by atoms with Gasteiger partial charge in [-0.2, -0.15) is 5.10 Å². The lowest BCUT2D eigenvalue weighted by Gasteiger charge is -2.39. The van der Waals surface area contributed by atoms with E-state index in [0.717, 1.165) is 16.8 Å². The Labute approximate surface area is 212 Å². The van der Waals surface area contributed by atoms with Crippen LogP contribution in [0, 0.1) is 0 Å². The molecule has 10 nitrogen and oxygen atoms in total. The van der Waals surface area contributed by atoms with Crippen LogP contribution < -0.4 is 28.4 Å². The predicted molar refractivity (Wildman–Crippen MR) is 131 cm³/mol. The number of hydrogen-bond acceptors (Lipinski definition) is 9. The van der Waals surface area contributed by atoms with Gasteiger partial charge in [-0.15, -0.1) is 0 Å². The fraction of sp³-hybridized carbons (Fsp3) is 0.259. The molecule has 0 spiro atoms. The molecule has 3 aliphatic rings.